The van der Waals surface area contributed by atoms with E-state index in [-0.39, 0.29) is 5.91 Å². The number of rotatable bonds is 4. The normalized spacial score (nSPS) is 10.8. The van der Waals surface area contributed by atoms with Crippen LogP contribution in [-0.2, 0) is 0 Å². The molecule has 1 N–H and O–H groups in total. The number of anilines is 1. The minimum absolute atomic E-state index is 0.101. The number of thiophene rings is 1. The molecule has 0 saturated carbocycles. The Morgan fingerprint density at radius 3 is 2.52 bits per heavy atom. The number of carbonyl (C=O) groups is 1. The lowest BCUT2D eigenvalue weighted by Crippen LogP contribution is -2.12. The molecule has 0 unspecified atom stereocenters. The summed E-state index contributed by atoms with van der Waals surface area (Å²) in [5.74, 6) is -0.101. The maximum atomic E-state index is 12.6. The van der Waals surface area contributed by atoms with Gasteiger partial charge in [-0.05, 0) is 42.6 Å². The summed E-state index contributed by atoms with van der Waals surface area (Å²) in [5, 5.41) is 7.98. The van der Waals surface area contributed by atoms with E-state index in [4.69, 9.17) is 0 Å². The number of nitrogens with zero attached hydrogens (tertiary/aromatic N) is 2. The van der Waals surface area contributed by atoms with Crippen molar-refractivity contribution >= 4 is 34.3 Å². The number of aryl methyl sites for hydroxylation is 1. The van der Waals surface area contributed by atoms with Crippen LogP contribution in [0.2, 0.25) is 0 Å². The van der Waals surface area contributed by atoms with Crippen LogP contribution in [0.5, 0.6) is 0 Å². The van der Waals surface area contributed by atoms with E-state index in [1.807, 2.05) is 77.1 Å². The molecule has 1 amide bonds. The molecule has 0 bridgehead atoms. The number of aromatic nitrogens is 2. The van der Waals surface area contributed by atoms with Crippen LogP contribution in [0.1, 0.15) is 14.7 Å². The third-order valence-electron chi connectivity index (χ3n) is 3.79. The van der Waals surface area contributed by atoms with E-state index in [0.29, 0.717) is 4.88 Å². The summed E-state index contributed by atoms with van der Waals surface area (Å²) >= 11 is 3.07. The van der Waals surface area contributed by atoms with Gasteiger partial charge in [-0.2, -0.15) is 0 Å². The van der Waals surface area contributed by atoms with Crippen LogP contribution in [0, 0.1) is 6.92 Å². The van der Waals surface area contributed by atoms with Gasteiger partial charge in [0.1, 0.15) is 4.88 Å². The monoisotopic (exact) mass is 365 g/mol. The fourth-order valence-electron chi connectivity index (χ4n) is 2.58. The Balaban J connectivity index is 1.53. The van der Waals surface area contributed by atoms with E-state index >= 15 is 0 Å². The smallest absolute Gasteiger partial charge is 0.267 e. The second kappa shape index (κ2) is 6.66. The van der Waals surface area contributed by atoms with E-state index < -0.39 is 0 Å². The molecule has 25 heavy (non-hydrogen) atoms. The van der Waals surface area contributed by atoms with Crippen LogP contribution in [0.25, 0.3) is 16.9 Å². The molecular weight excluding hydrogens is 350 g/mol. The van der Waals surface area contributed by atoms with Crippen molar-refractivity contribution in [3.05, 3.63) is 75.5 Å². The van der Waals surface area contributed by atoms with E-state index in [1.54, 1.807) is 11.3 Å². The molecule has 4 nitrogen and oxygen atoms in total. The topological polar surface area (TPSA) is 46.9 Å². The highest BCUT2D eigenvalue weighted by Gasteiger charge is 2.14. The standard InChI is InChI=1S/C19H15N3OS2/c1-13-20-16(12-25-13)14-4-6-15(7-5-14)21-19(23)18-17(8-11-24-18)22-9-2-3-10-22/h2-12H,1H3,(H,21,23). The number of benzene rings is 1. The lowest BCUT2D eigenvalue weighted by Gasteiger charge is -2.07. The molecule has 0 saturated heterocycles. The molecule has 0 radical (unpaired) electrons. The van der Waals surface area contributed by atoms with Crippen LogP contribution in [0.4, 0.5) is 5.69 Å². The predicted octanol–water partition coefficient (Wildman–Crippen LogP) is 5.22. The first-order chi connectivity index (χ1) is 12.2. The summed E-state index contributed by atoms with van der Waals surface area (Å²) in [6, 6.07) is 13.6. The van der Waals surface area contributed by atoms with Crippen molar-refractivity contribution < 1.29 is 4.79 Å². The second-order valence-electron chi connectivity index (χ2n) is 5.51. The van der Waals surface area contributed by atoms with Crippen LogP contribution in [0.3, 0.4) is 0 Å². The second-order valence-corrected chi connectivity index (χ2v) is 7.49. The van der Waals surface area contributed by atoms with Crippen LogP contribution in [0.15, 0.2) is 65.6 Å². The lowest BCUT2D eigenvalue weighted by atomic mass is 10.1. The average Bonchev–Trinajstić information content (AvgIpc) is 3.36. The molecule has 4 aromatic rings. The molecule has 3 aromatic heterocycles. The van der Waals surface area contributed by atoms with Gasteiger partial charge in [0.25, 0.3) is 5.91 Å². The van der Waals surface area contributed by atoms with Crippen molar-refractivity contribution in [1.29, 1.82) is 0 Å². The van der Waals surface area contributed by atoms with E-state index in [1.165, 1.54) is 11.3 Å². The van der Waals surface area contributed by atoms with Crippen molar-refractivity contribution in [2.45, 2.75) is 6.92 Å². The van der Waals surface area contributed by atoms with Crippen molar-refractivity contribution in [3.63, 3.8) is 0 Å². The van der Waals surface area contributed by atoms with Gasteiger partial charge >= 0.3 is 0 Å². The Bertz CT molecular complexity index is 998. The van der Waals surface area contributed by atoms with Gasteiger partial charge in [0.2, 0.25) is 0 Å². The summed E-state index contributed by atoms with van der Waals surface area (Å²) in [6.45, 7) is 1.99. The zero-order valence-corrected chi connectivity index (χ0v) is 15.1. The molecule has 6 heteroatoms. The Hall–Kier alpha value is -2.70. The number of nitrogens with one attached hydrogen (secondary N) is 1. The number of hydrogen-bond donors (Lipinski definition) is 1. The summed E-state index contributed by atoms with van der Waals surface area (Å²) in [7, 11) is 0. The molecule has 0 aliphatic heterocycles. The van der Waals surface area contributed by atoms with Gasteiger partial charge in [-0.25, -0.2) is 4.98 Å². The Kier molecular flexibility index (Phi) is 4.21. The van der Waals surface area contributed by atoms with Gasteiger partial charge in [0, 0.05) is 29.0 Å². The van der Waals surface area contributed by atoms with E-state index in [9.17, 15) is 4.79 Å². The fourth-order valence-corrected chi connectivity index (χ4v) is 3.99. The van der Waals surface area contributed by atoms with Crippen LogP contribution >= 0.6 is 22.7 Å². The Labute approximate surface area is 153 Å². The third kappa shape index (κ3) is 3.26. The van der Waals surface area contributed by atoms with E-state index in [2.05, 4.69) is 10.3 Å². The Morgan fingerprint density at radius 2 is 1.84 bits per heavy atom. The highest BCUT2D eigenvalue weighted by atomic mass is 32.1. The molecule has 4 rings (SSSR count). The number of thiazole rings is 1. The first kappa shape index (κ1) is 15.8. The van der Waals surface area contributed by atoms with Gasteiger partial charge in [0.05, 0.1) is 16.4 Å². The highest BCUT2D eigenvalue weighted by molar-refractivity contribution is 7.12. The van der Waals surface area contributed by atoms with Crippen molar-refractivity contribution in [2.75, 3.05) is 5.32 Å². The minimum atomic E-state index is -0.101. The summed E-state index contributed by atoms with van der Waals surface area (Å²) < 4.78 is 1.94. The molecule has 0 aliphatic carbocycles. The molecule has 0 fully saturated rings. The van der Waals surface area contributed by atoms with Crippen molar-refractivity contribution in [1.82, 2.24) is 9.55 Å². The molecule has 124 valence electrons. The SMILES string of the molecule is Cc1nc(-c2ccc(NC(=O)c3sccc3-n3cccc3)cc2)cs1. The summed E-state index contributed by atoms with van der Waals surface area (Å²) in [5.41, 5.74) is 3.68. The predicted molar refractivity (Wildman–Crippen MR) is 104 cm³/mol. The maximum Gasteiger partial charge on any atom is 0.267 e. The Morgan fingerprint density at radius 1 is 1.08 bits per heavy atom. The minimum Gasteiger partial charge on any atom is -0.322 e. The zero-order valence-electron chi connectivity index (χ0n) is 13.5. The lowest BCUT2D eigenvalue weighted by molar-refractivity contribution is 0.103. The first-order valence-electron chi connectivity index (χ1n) is 7.75. The quantitative estimate of drug-likeness (QED) is 0.539. The van der Waals surface area contributed by atoms with Gasteiger partial charge < -0.3 is 9.88 Å². The third-order valence-corrected chi connectivity index (χ3v) is 5.47. The van der Waals surface area contributed by atoms with Crippen LogP contribution < -0.4 is 5.32 Å². The van der Waals surface area contributed by atoms with Crippen molar-refractivity contribution in [2.24, 2.45) is 0 Å². The van der Waals surface area contributed by atoms with Gasteiger partial charge in [-0.3, -0.25) is 4.79 Å². The number of hydrogen-bond acceptors (Lipinski definition) is 4. The van der Waals surface area contributed by atoms with Crippen molar-refractivity contribution in [3.8, 4) is 16.9 Å². The molecule has 0 aliphatic rings. The number of carbonyl (C=O) groups excluding carboxylic acids is 1. The molecule has 1 aromatic carbocycles. The summed E-state index contributed by atoms with van der Waals surface area (Å²) in [4.78, 5) is 17.8. The highest BCUT2D eigenvalue weighted by Crippen LogP contribution is 2.25. The summed E-state index contributed by atoms with van der Waals surface area (Å²) in [6.07, 6.45) is 3.87. The van der Waals surface area contributed by atoms with Gasteiger partial charge in [-0.15, -0.1) is 22.7 Å². The zero-order chi connectivity index (χ0) is 17.2. The largest absolute Gasteiger partial charge is 0.322 e. The van der Waals surface area contributed by atoms with Gasteiger partial charge in [0.15, 0.2) is 0 Å². The first-order valence-corrected chi connectivity index (χ1v) is 9.51. The fraction of sp³-hybridized carbons (Fsp3) is 0.0526. The molecule has 0 atom stereocenters. The average molecular weight is 365 g/mol. The number of amides is 1. The molecular formula is C19H15N3OS2. The van der Waals surface area contributed by atoms with E-state index in [0.717, 1.165) is 27.6 Å². The van der Waals surface area contributed by atoms with Gasteiger partial charge in [-0.1, -0.05) is 12.1 Å². The molecule has 0 spiro atoms. The maximum absolute atomic E-state index is 12.6. The molecule has 3 heterocycles. The van der Waals surface area contributed by atoms with Crippen LogP contribution in [-0.4, -0.2) is 15.5 Å².